The number of nitrogen functional groups attached to an aromatic ring is 1. The number of hydrogen-bond acceptors (Lipinski definition) is 8. The van der Waals surface area contributed by atoms with Crippen LogP contribution in [0.25, 0.3) is 0 Å². The van der Waals surface area contributed by atoms with E-state index in [0.29, 0.717) is 6.61 Å². The van der Waals surface area contributed by atoms with Gasteiger partial charge in [0.15, 0.2) is 16.8 Å². The predicted molar refractivity (Wildman–Crippen MR) is 121 cm³/mol. The molecule has 0 saturated carbocycles. The smallest absolute Gasteiger partial charge is 0.191 e. The summed E-state index contributed by atoms with van der Waals surface area (Å²) < 4.78 is 5.37. The van der Waals surface area contributed by atoms with Crippen LogP contribution in [-0.4, -0.2) is 43.4 Å². The maximum absolute atomic E-state index is 6.17. The van der Waals surface area contributed by atoms with E-state index in [1.165, 1.54) is 11.1 Å². The molecule has 0 radical (unpaired) electrons. The van der Waals surface area contributed by atoms with Gasteiger partial charge in [-0.3, -0.25) is 0 Å². The summed E-state index contributed by atoms with van der Waals surface area (Å²) in [5, 5.41) is 0.783. The van der Waals surface area contributed by atoms with Crippen molar-refractivity contribution in [3.63, 3.8) is 0 Å². The van der Waals surface area contributed by atoms with Crippen molar-refractivity contribution in [1.82, 2.24) is 9.97 Å². The molecular formula is C21H28N6OS. The average Bonchev–Trinajstić information content (AvgIpc) is 3.08. The van der Waals surface area contributed by atoms with Crippen molar-refractivity contribution in [3.05, 3.63) is 41.8 Å². The molecule has 0 aliphatic carbocycles. The third kappa shape index (κ3) is 3.94. The van der Waals surface area contributed by atoms with Crippen LogP contribution in [0.1, 0.15) is 25.0 Å². The average molecular weight is 413 g/mol. The van der Waals surface area contributed by atoms with Gasteiger partial charge in [-0.25, -0.2) is 9.97 Å². The van der Waals surface area contributed by atoms with Crippen LogP contribution in [-0.2, 0) is 16.9 Å². The van der Waals surface area contributed by atoms with E-state index in [9.17, 15) is 0 Å². The van der Waals surface area contributed by atoms with Crippen LogP contribution in [0.5, 0.6) is 0 Å². The van der Waals surface area contributed by atoms with Crippen LogP contribution in [0.15, 0.2) is 35.8 Å². The molecule has 4 rings (SSSR count). The predicted octanol–water partition coefficient (Wildman–Crippen LogP) is 3.45. The summed E-state index contributed by atoms with van der Waals surface area (Å²) in [6.07, 6.45) is 4.63. The Labute approximate surface area is 176 Å². The molecule has 1 aromatic heterocycles. The van der Waals surface area contributed by atoms with E-state index in [-0.39, 0.29) is 0 Å². The molecule has 3 heterocycles. The number of aromatic nitrogens is 2. The Morgan fingerprint density at radius 1 is 1.21 bits per heavy atom. The lowest BCUT2D eigenvalue weighted by Crippen LogP contribution is -2.29. The maximum atomic E-state index is 6.17. The highest BCUT2D eigenvalue weighted by Crippen LogP contribution is 2.42. The van der Waals surface area contributed by atoms with E-state index in [1.54, 1.807) is 18.0 Å². The lowest BCUT2D eigenvalue weighted by Gasteiger charge is -2.26. The number of hydrogen-bond donors (Lipinski definition) is 1. The third-order valence-corrected chi connectivity index (χ3v) is 6.21. The Hall–Kier alpha value is -2.61. The Morgan fingerprint density at radius 3 is 2.72 bits per heavy atom. The number of nitrogens with zero attached hydrogens (tertiary/aromatic N) is 5. The number of nitrogens with two attached hydrogens (primary N) is 1. The molecule has 2 aliphatic heterocycles. The minimum Gasteiger partial charge on any atom is -0.498 e. The molecule has 7 nitrogen and oxygen atoms in total. The summed E-state index contributed by atoms with van der Waals surface area (Å²) in [7, 11) is 2.09. The van der Waals surface area contributed by atoms with Gasteiger partial charge in [-0.05, 0) is 30.5 Å². The molecule has 0 spiro atoms. The molecule has 0 atom stereocenters. The van der Waals surface area contributed by atoms with Crippen molar-refractivity contribution in [3.8, 4) is 0 Å². The number of anilines is 4. The Bertz CT molecular complexity index is 918. The highest BCUT2D eigenvalue weighted by atomic mass is 32.2. The van der Waals surface area contributed by atoms with E-state index in [1.807, 2.05) is 6.20 Å². The first-order valence-electron chi connectivity index (χ1n) is 10.0. The first-order chi connectivity index (χ1) is 14.1. The molecule has 1 aromatic carbocycles. The monoisotopic (exact) mass is 412 g/mol. The second-order valence-electron chi connectivity index (χ2n) is 7.22. The van der Waals surface area contributed by atoms with Gasteiger partial charge >= 0.3 is 0 Å². The lowest BCUT2D eigenvalue weighted by atomic mass is 10.1. The summed E-state index contributed by atoms with van der Waals surface area (Å²) in [6.45, 7) is 7.44. The Balaban J connectivity index is 1.64. The molecule has 2 aliphatic rings. The lowest BCUT2D eigenvalue weighted by molar-refractivity contribution is 0.245. The third-order valence-electron chi connectivity index (χ3n) is 5.29. The van der Waals surface area contributed by atoms with E-state index in [4.69, 9.17) is 20.4 Å². The van der Waals surface area contributed by atoms with E-state index < -0.39 is 0 Å². The number of aryl methyl sites for hydroxylation is 1. The molecule has 8 heteroatoms. The summed E-state index contributed by atoms with van der Waals surface area (Å²) in [5.41, 5.74) is 10.5. The summed E-state index contributed by atoms with van der Waals surface area (Å²) >= 11 is 1.65. The van der Waals surface area contributed by atoms with Gasteiger partial charge in [-0.2, -0.15) is 0 Å². The topological polar surface area (TPSA) is 70.8 Å². The second-order valence-corrected chi connectivity index (χ2v) is 8.16. The van der Waals surface area contributed by atoms with Gasteiger partial charge in [0, 0.05) is 31.2 Å². The fourth-order valence-corrected chi connectivity index (χ4v) is 4.45. The van der Waals surface area contributed by atoms with E-state index in [0.717, 1.165) is 60.1 Å². The van der Waals surface area contributed by atoms with E-state index in [2.05, 4.69) is 53.8 Å². The first-order valence-corrected chi connectivity index (χ1v) is 11.0. The zero-order chi connectivity index (χ0) is 20.4. The highest BCUT2D eigenvalue weighted by Gasteiger charge is 2.31. The molecular weight excluding hydrogens is 384 g/mol. The minimum absolute atomic E-state index is 0.655. The molecule has 0 unspecified atom stereocenters. The van der Waals surface area contributed by atoms with Crippen molar-refractivity contribution >= 4 is 34.8 Å². The van der Waals surface area contributed by atoms with Gasteiger partial charge < -0.3 is 25.2 Å². The molecule has 2 aromatic rings. The van der Waals surface area contributed by atoms with Crippen LogP contribution in [0, 0.1) is 0 Å². The van der Waals surface area contributed by atoms with Crippen molar-refractivity contribution < 1.29 is 4.74 Å². The van der Waals surface area contributed by atoms with E-state index >= 15 is 0 Å². The summed E-state index contributed by atoms with van der Waals surface area (Å²) in [5.74, 6) is 2.73. The van der Waals surface area contributed by atoms with Crippen LogP contribution in [0.3, 0.4) is 0 Å². The normalized spacial score (nSPS) is 15.6. The van der Waals surface area contributed by atoms with Crippen LogP contribution >= 0.6 is 11.8 Å². The van der Waals surface area contributed by atoms with Gasteiger partial charge in [0.2, 0.25) is 0 Å². The molecule has 2 N–H and O–H groups in total. The largest absolute Gasteiger partial charge is 0.498 e. The van der Waals surface area contributed by atoms with Crippen molar-refractivity contribution in [2.24, 2.45) is 0 Å². The van der Waals surface area contributed by atoms with Crippen LogP contribution in [0.2, 0.25) is 0 Å². The van der Waals surface area contributed by atoms with Crippen LogP contribution in [0.4, 0.5) is 23.0 Å². The summed E-state index contributed by atoms with van der Waals surface area (Å²) in [4.78, 5) is 16.5. The van der Waals surface area contributed by atoms with Crippen molar-refractivity contribution in [2.75, 3.05) is 53.8 Å². The maximum Gasteiger partial charge on any atom is 0.191 e. The van der Waals surface area contributed by atoms with Crippen molar-refractivity contribution in [2.45, 2.75) is 31.2 Å². The summed E-state index contributed by atoms with van der Waals surface area (Å²) in [6, 6.07) is 6.33. The van der Waals surface area contributed by atoms with Gasteiger partial charge in [-0.15, -0.1) is 0 Å². The number of fused-ring (bicyclic) bond motifs is 1. The molecule has 154 valence electrons. The number of rotatable bonds is 6. The van der Waals surface area contributed by atoms with Gasteiger partial charge in [0.25, 0.3) is 0 Å². The Kier molecular flexibility index (Phi) is 5.71. The SMILES string of the molecule is CCc1ccc(CSc2nc(N3C=COCC3)c3c(n2)N(CC)CN3C)cc1N. The van der Waals surface area contributed by atoms with Gasteiger partial charge in [0.05, 0.1) is 19.5 Å². The fourth-order valence-electron chi connectivity index (χ4n) is 3.67. The number of ether oxygens (including phenoxy) is 1. The molecule has 0 amide bonds. The van der Waals surface area contributed by atoms with Gasteiger partial charge in [0.1, 0.15) is 12.3 Å². The quantitative estimate of drug-likeness (QED) is 0.439. The number of benzene rings is 1. The fraction of sp³-hybridized carbons (Fsp3) is 0.429. The zero-order valence-electron chi connectivity index (χ0n) is 17.3. The second kappa shape index (κ2) is 8.41. The highest BCUT2D eigenvalue weighted by molar-refractivity contribution is 7.98. The molecule has 0 fully saturated rings. The van der Waals surface area contributed by atoms with Crippen LogP contribution < -0.4 is 20.4 Å². The molecule has 0 saturated heterocycles. The number of thioether (sulfide) groups is 1. The van der Waals surface area contributed by atoms with Crippen molar-refractivity contribution in [1.29, 1.82) is 0 Å². The molecule has 29 heavy (non-hydrogen) atoms. The molecule has 0 bridgehead atoms. The standard InChI is InChI=1S/C21H28N6OS/c1-4-16-7-6-15(12-17(16)22)13-29-21-23-19-18(25(3)14-26(19)5-2)20(24-21)27-8-10-28-11-9-27/h6-8,10,12H,4-5,9,11,13-14,22H2,1-3H3. The van der Waals surface area contributed by atoms with Gasteiger partial charge in [-0.1, -0.05) is 30.8 Å². The minimum atomic E-state index is 0.655. The Morgan fingerprint density at radius 2 is 2.03 bits per heavy atom. The first kappa shape index (κ1) is 19.7. The zero-order valence-corrected chi connectivity index (χ0v) is 18.1.